The Balaban J connectivity index is 1.62. The number of nitrogens with zero attached hydrogens (tertiary/aromatic N) is 1. The van der Waals surface area contributed by atoms with E-state index in [9.17, 15) is 33.9 Å². The van der Waals surface area contributed by atoms with Crippen molar-refractivity contribution in [3.63, 3.8) is 0 Å². The van der Waals surface area contributed by atoms with Gasteiger partial charge in [0, 0.05) is 31.6 Å². The van der Waals surface area contributed by atoms with Gasteiger partial charge in [0.1, 0.15) is 36.5 Å². The van der Waals surface area contributed by atoms with Crippen LogP contribution in [0.1, 0.15) is 45.2 Å². The average Bonchev–Trinajstić information content (AvgIpc) is 3.11. The minimum atomic E-state index is -1.45. The van der Waals surface area contributed by atoms with E-state index in [0.717, 1.165) is 5.56 Å². The molecule has 3 heterocycles. The number of aliphatic hydroxyl groups excluding tert-OH is 1. The second-order valence-electron chi connectivity index (χ2n) is 13.3. The van der Waals surface area contributed by atoms with Crippen LogP contribution in [0.15, 0.2) is 83.8 Å². The third-order valence-corrected chi connectivity index (χ3v) is 8.68. The minimum absolute atomic E-state index is 0.0550. The first-order chi connectivity index (χ1) is 24.8. The Bertz CT molecular complexity index is 1740. The molecule has 0 saturated heterocycles. The molecular formula is C38H48N6O8. The Labute approximate surface area is 302 Å². The molecule has 2 bridgehead atoms. The van der Waals surface area contributed by atoms with Crippen LogP contribution in [0.25, 0.3) is 0 Å². The molecule has 0 aliphatic carbocycles. The van der Waals surface area contributed by atoms with Crippen LogP contribution in [0.4, 0.5) is 0 Å². The van der Waals surface area contributed by atoms with E-state index in [1.807, 2.05) is 30.3 Å². The molecular weight excluding hydrogens is 668 g/mol. The number of benzene rings is 2. The number of amides is 5. The van der Waals surface area contributed by atoms with Gasteiger partial charge in [0.15, 0.2) is 0 Å². The molecule has 14 nitrogen and oxygen atoms in total. The fourth-order valence-corrected chi connectivity index (χ4v) is 5.68. The molecule has 5 amide bonds. The van der Waals surface area contributed by atoms with Crippen LogP contribution in [0.2, 0.25) is 0 Å². The molecule has 0 saturated carbocycles. The van der Waals surface area contributed by atoms with E-state index < -0.39 is 65.8 Å². The van der Waals surface area contributed by atoms with Crippen LogP contribution in [-0.4, -0.2) is 82.1 Å². The molecule has 2 aromatic carbocycles. The highest BCUT2D eigenvalue weighted by atomic mass is 16.5. The van der Waals surface area contributed by atoms with Crippen molar-refractivity contribution in [2.24, 2.45) is 5.92 Å². The molecule has 52 heavy (non-hydrogen) atoms. The minimum Gasteiger partial charge on any atom is -0.491 e. The predicted octanol–water partition coefficient (Wildman–Crippen LogP) is 0.597. The summed E-state index contributed by atoms with van der Waals surface area (Å²) >= 11 is 0. The number of hydrogen-bond acceptors (Lipinski definition) is 8. The Morgan fingerprint density at radius 2 is 1.48 bits per heavy atom. The van der Waals surface area contributed by atoms with Crippen molar-refractivity contribution in [1.82, 2.24) is 31.2 Å². The zero-order chi connectivity index (χ0) is 37.8. The summed E-state index contributed by atoms with van der Waals surface area (Å²) in [6, 6.07) is 15.9. The maximum atomic E-state index is 13.6. The molecule has 1 aromatic heterocycles. The highest BCUT2D eigenvalue weighted by Gasteiger charge is 2.34. The summed E-state index contributed by atoms with van der Waals surface area (Å²) in [6.45, 7) is 6.44. The first kappa shape index (κ1) is 39.3. The Hall–Kier alpha value is -5.50. The van der Waals surface area contributed by atoms with Gasteiger partial charge in [-0.25, -0.2) is 0 Å². The van der Waals surface area contributed by atoms with Crippen LogP contribution in [0.3, 0.4) is 0 Å². The molecule has 14 heteroatoms. The fourth-order valence-electron chi connectivity index (χ4n) is 5.68. The van der Waals surface area contributed by atoms with Crippen molar-refractivity contribution >= 4 is 29.5 Å². The standard InChI is InChI=1S/C38H48N6O8/c1-23(2)33-37(50)40-28(20-26-10-6-5-7-11-26)22-52-29-15-13-27(14-16-29)21-30(41-31(46)17-19-44-18-9-8-12-32(44)47)36(49)39-24(3)35(48)43-34(25(4)45)38(51)42-33/h5-16,18,23-25,28,30,33-34,45H,17,19-22H2,1-4H3,(H,39,49)(H,40,50)(H,41,46)(H,42,51)(H,43,48)/t24-,25-,28+,30+,33-,34+/m1/s1. The lowest BCUT2D eigenvalue weighted by molar-refractivity contribution is -0.136. The molecule has 278 valence electrons. The van der Waals surface area contributed by atoms with E-state index in [2.05, 4.69) is 26.6 Å². The van der Waals surface area contributed by atoms with Crippen LogP contribution in [0, 0.1) is 5.92 Å². The monoisotopic (exact) mass is 716 g/mol. The highest BCUT2D eigenvalue weighted by Crippen LogP contribution is 2.16. The van der Waals surface area contributed by atoms with Crippen LogP contribution >= 0.6 is 0 Å². The van der Waals surface area contributed by atoms with E-state index in [1.54, 1.807) is 56.4 Å². The van der Waals surface area contributed by atoms with Gasteiger partial charge < -0.3 is 41.0 Å². The van der Waals surface area contributed by atoms with Crippen molar-refractivity contribution in [2.75, 3.05) is 6.61 Å². The number of pyridine rings is 1. The zero-order valence-electron chi connectivity index (χ0n) is 29.8. The van der Waals surface area contributed by atoms with E-state index >= 15 is 0 Å². The van der Waals surface area contributed by atoms with E-state index in [1.165, 1.54) is 24.5 Å². The smallest absolute Gasteiger partial charge is 0.250 e. The number of carbonyl (C=O) groups excluding carboxylic acids is 5. The molecule has 6 atom stereocenters. The van der Waals surface area contributed by atoms with Crippen molar-refractivity contribution in [2.45, 2.75) is 89.8 Å². The van der Waals surface area contributed by atoms with Crippen molar-refractivity contribution in [1.29, 1.82) is 0 Å². The molecule has 0 radical (unpaired) electrons. The molecule has 0 unspecified atom stereocenters. The Kier molecular flexibility index (Phi) is 14.1. The Morgan fingerprint density at radius 3 is 2.13 bits per heavy atom. The topological polar surface area (TPSA) is 197 Å². The lowest BCUT2D eigenvalue weighted by atomic mass is 10.0. The van der Waals surface area contributed by atoms with Gasteiger partial charge in [0.2, 0.25) is 29.5 Å². The molecule has 3 aromatic rings. The van der Waals surface area contributed by atoms with Gasteiger partial charge in [-0.2, -0.15) is 0 Å². The largest absolute Gasteiger partial charge is 0.491 e. The molecule has 5 rings (SSSR count). The summed E-state index contributed by atoms with van der Waals surface area (Å²) in [5, 5.41) is 24.0. The number of fused-ring (bicyclic) bond motifs is 17. The zero-order valence-corrected chi connectivity index (χ0v) is 29.8. The maximum absolute atomic E-state index is 13.6. The lowest BCUT2D eigenvalue weighted by Crippen LogP contribution is -2.61. The van der Waals surface area contributed by atoms with Gasteiger partial charge in [0.05, 0.1) is 12.1 Å². The van der Waals surface area contributed by atoms with Crippen LogP contribution < -0.4 is 36.9 Å². The number of rotatable bonds is 8. The third kappa shape index (κ3) is 11.5. The number of carbonyl (C=O) groups is 5. The molecule has 2 aliphatic rings. The first-order valence-electron chi connectivity index (χ1n) is 17.4. The molecule has 2 aliphatic heterocycles. The second-order valence-corrected chi connectivity index (χ2v) is 13.3. The highest BCUT2D eigenvalue weighted by molar-refractivity contribution is 5.95. The normalized spacial score (nSPS) is 22.6. The van der Waals surface area contributed by atoms with Crippen molar-refractivity contribution in [3.8, 4) is 5.75 Å². The Morgan fingerprint density at radius 1 is 0.827 bits per heavy atom. The van der Waals surface area contributed by atoms with Gasteiger partial charge in [-0.15, -0.1) is 0 Å². The quantitative estimate of drug-likeness (QED) is 0.182. The molecule has 0 spiro atoms. The van der Waals surface area contributed by atoms with Gasteiger partial charge in [-0.3, -0.25) is 28.8 Å². The van der Waals surface area contributed by atoms with Gasteiger partial charge in [0.25, 0.3) is 5.56 Å². The van der Waals surface area contributed by atoms with Gasteiger partial charge >= 0.3 is 0 Å². The first-order valence-corrected chi connectivity index (χ1v) is 17.4. The lowest BCUT2D eigenvalue weighted by Gasteiger charge is -2.29. The van der Waals surface area contributed by atoms with Crippen molar-refractivity contribution in [3.05, 3.63) is 100 Å². The molecule has 6 N–H and O–H groups in total. The SMILES string of the molecule is CC(C)[C@H]1NC(=O)[C@H]([C@@H](C)O)NC(=O)[C@@H](C)NC(=O)[C@@H](NC(=O)CCn2ccccc2=O)Cc2ccc(cc2)OC[C@H](Cc2ccccc2)NC1=O. The summed E-state index contributed by atoms with van der Waals surface area (Å²) in [6.07, 6.45) is 0.613. The number of nitrogens with one attached hydrogen (secondary N) is 5. The van der Waals surface area contributed by atoms with E-state index in [-0.39, 0.29) is 37.5 Å². The average molecular weight is 717 g/mol. The van der Waals surface area contributed by atoms with Crippen LogP contribution in [0.5, 0.6) is 5.75 Å². The van der Waals surface area contributed by atoms with E-state index in [0.29, 0.717) is 17.7 Å². The second kappa shape index (κ2) is 18.7. The number of aliphatic hydroxyl groups is 1. The number of ether oxygens (including phenoxy) is 1. The number of aryl methyl sites for hydroxylation is 1. The van der Waals surface area contributed by atoms with Crippen molar-refractivity contribution < 1.29 is 33.8 Å². The summed E-state index contributed by atoms with van der Waals surface area (Å²) in [4.78, 5) is 79.1. The summed E-state index contributed by atoms with van der Waals surface area (Å²) in [5.41, 5.74) is 1.37. The predicted molar refractivity (Wildman–Crippen MR) is 193 cm³/mol. The van der Waals surface area contributed by atoms with Gasteiger partial charge in [-0.1, -0.05) is 62.4 Å². The van der Waals surface area contributed by atoms with Crippen LogP contribution in [-0.2, 0) is 43.4 Å². The summed E-state index contributed by atoms with van der Waals surface area (Å²) < 4.78 is 7.48. The van der Waals surface area contributed by atoms with Gasteiger partial charge in [-0.05, 0) is 55.5 Å². The number of hydrogen-bond donors (Lipinski definition) is 6. The maximum Gasteiger partial charge on any atom is 0.250 e. The summed E-state index contributed by atoms with van der Waals surface area (Å²) in [5.74, 6) is -3.03. The number of aromatic nitrogens is 1. The molecule has 0 fully saturated rings. The third-order valence-electron chi connectivity index (χ3n) is 8.68. The summed E-state index contributed by atoms with van der Waals surface area (Å²) in [7, 11) is 0. The fraction of sp³-hybridized carbons (Fsp3) is 0.421. The van der Waals surface area contributed by atoms with E-state index in [4.69, 9.17) is 4.74 Å².